The van der Waals surface area contributed by atoms with E-state index in [2.05, 4.69) is 24.1 Å². The average molecular weight is 437 g/mol. The zero-order valence-corrected chi connectivity index (χ0v) is 19.3. The molecule has 2 amide bonds. The van der Waals surface area contributed by atoms with Crippen LogP contribution < -0.4 is 10.2 Å². The van der Waals surface area contributed by atoms with Crippen LogP contribution in [0.2, 0.25) is 0 Å². The maximum Gasteiger partial charge on any atom is 0.254 e. The molecule has 3 heterocycles. The van der Waals surface area contributed by atoms with Crippen LogP contribution in [-0.2, 0) is 9.53 Å². The Hall–Kier alpha value is -2.93. The minimum Gasteiger partial charge on any atom is -0.378 e. The van der Waals surface area contributed by atoms with Gasteiger partial charge in [-0.25, -0.2) is 4.98 Å². The molecule has 1 aromatic heterocycles. The number of nitrogens with one attached hydrogen (secondary N) is 1. The van der Waals surface area contributed by atoms with Gasteiger partial charge in [0.05, 0.1) is 19.3 Å². The minimum absolute atomic E-state index is 0.00294. The number of hydrogen-bond donors (Lipinski definition) is 1. The van der Waals surface area contributed by atoms with Crippen LogP contribution in [0.1, 0.15) is 54.8 Å². The number of rotatable bonds is 4. The van der Waals surface area contributed by atoms with Crippen molar-refractivity contribution in [3.05, 3.63) is 53.2 Å². The van der Waals surface area contributed by atoms with Gasteiger partial charge >= 0.3 is 0 Å². The van der Waals surface area contributed by atoms with Crippen LogP contribution in [0.15, 0.2) is 36.4 Å². The monoisotopic (exact) mass is 436 g/mol. The number of carbonyl (C=O) groups excluding carboxylic acids is 2. The number of amides is 2. The Morgan fingerprint density at radius 2 is 1.94 bits per heavy atom. The molecule has 4 rings (SSSR count). The van der Waals surface area contributed by atoms with Crippen molar-refractivity contribution in [2.75, 3.05) is 36.5 Å². The Balaban J connectivity index is 1.77. The molecule has 1 N–H and O–H groups in total. The van der Waals surface area contributed by atoms with Gasteiger partial charge in [-0.05, 0) is 49.2 Å². The van der Waals surface area contributed by atoms with Crippen molar-refractivity contribution >= 4 is 23.3 Å². The molecule has 7 heteroatoms. The van der Waals surface area contributed by atoms with E-state index < -0.39 is 0 Å². The molecule has 0 spiro atoms. The second-order valence-electron chi connectivity index (χ2n) is 8.69. The van der Waals surface area contributed by atoms with Gasteiger partial charge in [-0.3, -0.25) is 9.59 Å². The van der Waals surface area contributed by atoms with Crippen molar-refractivity contribution in [2.45, 2.75) is 46.2 Å². The van der Waals surface area contributed by atoms with Crippen LogP contribution in [0.5, 0.6) is 0 Å². The Morgan fingerprint density at radius 3 is 2.59 bits per heavy atom. The van der Waals surface area contributed by atoms with Crippen LogP contribution >= 0.6 is 0 Å². The van der Waals surface area contributed by atoms with E-state index in [1.54, 1.807) is 6.92 Å². The lowest BCUT2D eigenvalue weighted by Gasteiger charge is -2.45. The molecule has 0 aliphatic carbocycles. The number of pyridine rings is 1. The molecule has 0 saturated carbocycles. The Bertz CT molecular complexity index is 1000. The summed E-state index contributed by atoms with van der Waals surface area (Å²) in [7, 11) is 0. The Labute approximate surface area is 189 Å². The highest BCUT2D eigenvalue weighted by Gasteiger charge is 2.40. The standard InChI is InChI=1S/C25H32N4O3/c1-5-21-17(3)24(27-23-8-6-7-16(2)26-23)20-15-19(9-10-22(20)29(21)18(4)30)25(31)28-11-13-32-14-12-28/h6-10,15,17,21,24H,5,11-14H2,1-4H3,(H,26,27). The predicted molar refractivity (Wildman–Crippen MR) is 125 cm³/mol. The highest BCUT2D eigenvalue weighted by Crippen LogP contribution is 2.43. The molecule has 1 aromatic carbocycles. The smallest absolute Gasteiger partial charge is 0.254 e. The number of ether oxygens (including phenoxy) is 1. The molecule has 2 aromatic rings. The molecule has 1 saturated heterocycles. The second kappa shape index (κ2) is 9.28. The molecular formula is C25H32N4O3. The lowest BCUT2D eigenvalue weighted by molar-refractivity contribution is -0.117. The van der Waals surface area contributed by atoms with Crippen molar-refractivity contribution in [2.24, 2.45) is 5.92 Å². The first kappa shape index (κ1) is 22.3. The Morgan fingerprint density at radius 1 is 1.19 bits per heavy atom. The number of nitrogens with zero attached hydrogens (tertiary/aromatic N) is 3. The molecule has 2 aliphatic heterocycles. The van der Waals surface area contributed by atoms with Crippen molar-refractivity contribution in [3.63, 3.8) is 0 Å². The fraction of sp³-hybridized carbons (Fsp3) is 0.480. The second-order valence-corrected chi connectivity index (χ2v) is 8.69. The van der Waals surface area contributed by atoms with Gasteiger partial charge in [0.1, 0.15) is 5.82 Å². The summed E-state index contributed by atoms with van der Waals surface area (Å²) in [6.07, 6.45) is 0.841. The van der Waals surface area contributed by atoms with E-state index in [0.717, 1.165) is 29.2 Å². The number of aromatic nitrogens is 1. The van der Waals surface area contributed by atoms with Gasteiger partial charge in [0.15, 0.2) is 0 Å². The summed E-state index contributed by atoms with van der Waals surface area (Å²) in [5, 5.41) is 3.60. The molecule has 170 valence electrons. The quantitative estimate of drug-likeness (QED) is 0.789. The van der Waals surface area contributed by atoms with Gasteiger partial charge in [-0.1, -0.05) is 19.9 Å². The molecule has 7 nitrogen and oxygen atoms in total. The van der Waals surface area contributed by atoms with Crippen LogP contribution in [0, 0.1) is 12.8 Å². The van der Waals surface area contributed by atoms with E-state index in [1.165, 1.54) is 0 Å². The summed E-state index contributed by atoms with van der Waals surface area (Å²) >= 11 is 0. The minimum atomic E-state index is -0.0720. The van der Waals surface area contributed by atoms with Gasteiger partial charge in [0.2, 0.25) is 5.91 Å². The van der Waals surface area contributed by atoms with Crippen molar-refractivity contribution in [1.82, 2.24) is 9.88 Å². The molecular weight excluding hydrogens is 404 g/mol. The topological polar surface area (TPSA) is 74.8 Å². The first-order valence-electron chi connectivity index (χ1n) is 11.4. The summed E-state index contributed by atoms with van der Waals surface area (Å²) in [4.78, 5) is 34.2. The van der Waals surface area contributed by atoms with Gasteiger partial charge in [-0.15, -0.1) is 0 Å². The lowest BCUT2D eigenvalue weighted by atomic mass is 9.80. The highest BCUT2D eigenvalue weighted by molar-refractivity contribution is 5.98. The number of benzene rings is 1. The number of anilines is 2. The maximum absolute atomic E-state index is 13.2. The number of fused-ring (bicyclic) bond motifs is 1. The van der Waals surface area contributed by atoms with E-state index >= 15 is 0 Å². The number of hydrogen-bond acceptors (Lipinski definition) is 5. The fourth-order valence-electron chi connectivity index (χ4n) is 4.97. The van der Waals surface area contributed by atoms with E-state index in [4.69, 9.17) is 4.74 Å². The summed E-state index contributed by atoms with van der Waals surface area (Å²) in [5.74, 6) is 0.948. The van der Waals surface area contributed by atoms with Gasteiger partial charge < -0.3 is 19.9 Å². The van der Waals surface area contributed by atoms with Crippen LogP contribution in [0.3, 0.4) is 0 Å². The first-order valence-corrected chi connectivity index (χ1v) is 11.4. The molecule has 2 aliphatic rings. The van der Waals surface area contributed by atoms with Crippen LogP contribution in [0.4, 0.5) is 11.5 Å². The Kier molecular flexibility index (Phi) is 6.46. The van der Waals surface area contributed by atoms with Gasteiger partial charge in [0.25, 0.3) is 5.91 Å². The third-order valence-corrected chi connectivity index (χ3v) is 6.58. The predicted octanol–water partition coefficient (Wildman–Crippen LogP) is 3.80. The fourth-order valence-corrected chi connectivity index (χ4v) is 4.97. The van der Waals surface area contributed by atoms with E-state index in [0.29, 0.717) is 31.9 Å². The van der Waals surface area contributed by atoms with E-state index in [9.17, 15) is 9.59 Å². The SMILES string of the molecule is CCC1C(C)C(Nc2cccc(C)n2)c2cc(C(=O)N3CCOCC3)ccc2N1C(C)=O. The van der Waals surface area contributed by atoms with Gasteiger partial charge in [-0.2, -0.15) is 0 Å². The third-order valence-electron chi connectivity index (χ3n) is 6.58. The molecule has 0 radical (unpaired) electrons. The average Bonchev–Trinajstić information content (AvgIpc) is 2.80. The van der Waals surface area contributed by atoms with Crippen molar-refractivity contribution in [3.8, 4) is 0 Å². The zero-order chi connectivity index (χ0) is 22.8. The first-order chi connectivity index (χ1) is 15.4. The highest BCUT2D eigenvalue weighted by atomic mass is 16.5. The van der Waals surface area contributed by atoms with E-state index in [1.807, 2.05) is 53.1 Å². The summed E-state index contributed by atoms with van der Waals surface area (Å²) in [5.41, 5.74) is 3.40. The van der Waals surface area contributed by atoms with Crippen molar-refractivity contribution in [1.29, 1.82) is 0 Å². The van der Waals surface area contributed by atoms with Crippen LogP contribution in [0.25, 0.3) is 0 Å². The molecule has 32 heavy (non-hydrogen) atoms. The number of morpholine rings is 1. The van der Waals surface area contributed by atoms with E-state index in [-0.39, 0.29) is 29.8 Å². The number of aryl methyl sites for hydroxylation is 1. The summed E-state index contributed by atoms with van der Waals surface area (Å²) < 4.78 is 5.39. The van der Waals surface area contributed by atoms with Crippen molar-refractivity contribution < 1.29 is 14.3 Å². The van der Waals surface area contributed by atoms with Crippen LogP contribution in [-0.4, -0.2) is 54.0 Å². The molecule has 0 bridgehead atoms. The van der Waals surface area contributed by atoms with Gasteiger partial charge in [0, 0.05) is 48.9 Å². The summed E-state index contributed by atoms with van der Waals surface area (Å²) in [6.45, 7) is 10.2. The zero-order valence-electron chi connectivity index (χ0n) is 19.3. The largest absolute Gasteiger partial charge is 0.378 e. The molecule has 3 atom stereocenters. The normalized spacial score (nSPS) is 22.9. The summed E-state index contributed by atoms with van der Waals surface area (Å²) in [6, 6.07) is 11.6. The molecule has 1 fully saturated rings. The maximum atomic E-state index is 13.2. The number of carbonyl (C=O) groups is 2. The molecule has 3 unspecified atom stereocenters. The lowest BCUT2D eigenvalue weighted by Crippen LogP contribution is -2.50. The third kappa shape index (κ3) is 4.21.